The molecule has 6 heteroatoms. The van der Waals surface area contributed by atoms with Crippen LogP contribution >= 0.6 is 27.5 Å². The number of benzene rings is 1. The predicted molar refractivity (Wildman–Crippen MR) is 69.5 cm³/mol. The van der Waals surface area contributed by atoms with E-state index in [1.54, 1.807) is 12.1 Å². The summed E-state index contributed by atoms with van der Waals surface area (Å²) < 4.78 is 13.8. The van der Waals surface area contributed by atoms with Crippen LogP contribution in [0.25, 0.3) is 11.3 Å². The van der Waals surface area contributed by atoms with Gasteiger partial charge in [-0.2, -0.15) is 0 Å². The summed E-state index contributed by atoms with van der Waals surface area (Å²) in [4.78, 5) is 7.48. The number of imidazole rings is 1. The average molecular weight is 319 g/mol. The largest absolute Gasteiger partial charge is 0.335 e. The summed E-state index contributed by atoms with van der Waals surface area (Å²) in [6.45, 7) is 0.632. The number of aromatic amines is 1. The molecule has 2 N–H and O–H groups in total. The van der Waals surface area contributed by atoms with E-state index in [1.807, 2.05) is 7.05 Å². The number of hydrogen-bond donors (Lipinski definition) is 2. The van der Waals surface area contributed by atoms with Crippen LogP contribution < -0.4 is 5.32 Å². The first-order valence-corrected chi connectivity index (χ1v) is 6.13. The molecule has 0 saturated carbocycles. The third kappa shape index (κ3) is 2.68. The molecule has 0 fully saturated rings. The fourth-order valence-electron chi connectivity index (χ4n) is 1.48. The molecule has 3 nitrogen and oxygen atoms in total. The van der Waals surface area contributed by atoms with Gasteiger partial charge in [0.2, 0.25) is 0 Å². The number of halogens is 3. The minimum atomic E-state index is -0.433. The smallest absolute Gasteiger partial charge is 0.141 e. The highest BCUT2D eigenvalue weighted by Gasteiger charge is 2.11. The van der Waals surface area contributed by atoms with Gasteiger partial charge in [0.25, 0.3) is 0 Å². The molecule has 0 bridgehead atoms. The van der Waals surface area contributed by atoms with E-state index in [9.17, 15) is 4.39 Å². The van der Waals surface area contributed by atoms with Crippen molar-refractivity contribution < 1.29 is 4.39 Å². The van der Waals surface area contributed by atoms with E-state index in [0.717, 1.165) is 21.7 Å². The van der Waals surface area contributed by atoms with Gasteiger partial charge in [-0.25, -0.2) is 9.37 Å². The van der Waals surface area contributed by atoms with Gasteiger partial charge in [0, 0.05) is 5.56 Å². The number of nitrogens with one attached hydrogen (secondary N) is 2. The molecule has 17 heavy (non-hydrogen) atoms. The number of aromatic nitrogens is 2. The number of nitrogens with zero attached hydrogens (tertiary/aromatic N) is 1. The molecule has 0 aliphatic carbocycles. The van der Waals surface area contributed by atoms with Crippen LogP contribution in [0.3, 0.4) is 0 Å². The summed E-state index contributed by atoms with van der Waals surface area (Å²) in [5.41, 5.74) is 1.49. The van der Waals surface area contributed by atoms with Crippen molar-refractivity contribution in [1.82, 2.24) is 15.3 Å². The van der Waals surface area contributed by atoms with Gasteiger partial charge < -0.3 is 10.3 Å². The zero-order chi connectivity index (χ0) is 12.4. The van der Waals surface area contributed by atoms with Crippen LogP contribution in [0.2, 0.25) is 5.02 Å². The molecule has 2 aromatic rings. The van der Waals surface area contributed by atoms with Crippen molar-refractivity contribution in [2.75, 3.05) is 7.05 Å². The normalized spacial score (nSPS) is 10.8. The minimum absolute atomic E-state index is 0.0903. The lowest BCUT2D eigenvalue weighted by Crippen LogP contribution is -2.06. The topological polar surface area (TPSA) is 40.7 Å². The van der Waals surface area contributed by atoms with Crippen molar-refractivity contribution in [3.8, 4) is 11.3 Å². The Morgan fingerprint density at radius 3 is 2.94 bits per heavy atom. The Hall–Kier alpha value is -0.910. The van der Waals surface area contributed by atoms with Gasteiger partial charge in [0.1, 0.15) is 21.9 Å². The first-order chi connectivity index (χ1) is 8.11. The van der Waals surface area contributed by atoms with Crippen LogP contribution in [-0.2, 0) is 6.54 Å². The van der Waals surface area contributed by atoms with E-state index in [2.05, 4.69) is 31.2 Å². The molecular formula is C11H10BrClFN3. The second-order valence-electron chi connectivity index (χ2n) is 3.51. The van der Waals surface area contributed by atoms with Crippen LogP contribution in [-0.4, -0.2) is 17.0 Å². The van der Waals surface area contributed by atoms with Crippen molar-refractivity contribution in [2.24, 2.45) is 0 Å². The monoisotopic (exact) mass is 317 g/mol. The lowest BCUT2D eigenvalue weighted by atomic mass is 10.2. The Kier molecular flexibility index (Phi) is 3.81. The summed E-state index contributed by atoms with van der Waals surface area (Å²) >= 11 is 9.13. The molecule has 0 radical (unpaired) electrons. The van der Waals surface area contributed by atoms with Gasteiger partial charge in [0.15, 0.2) is 0 Å². The number of rotatable bonds is 3. The molecule has 0 amide bonds. The molecule has 0 aliphatic heterocycles. The lowest BCUT2D eigenvalue weighted by Gasteiger charge is -1.99. The zero-order valence-corrected chi connectivity index (χ0v) is 11.4. The summed E-state index contributed by atoms with van der Waals surface area (Å²) in [6.07, 6.45) is 0. The van der Waals surface area contributed by atoms with E-state index in [4.69, 9.17) is 11.6 Å². The van der Waals surface area contributed by atoms with Gasteiger partial charge in [0.05, 0.1) is 11.6 Å². The molecule has 0 spiro atoms. The Bertz CT molecular complexity index is 542. The Labute approximate surface area is 112 Å². The highest BCUT2D eigenvalue weighted by molar-refractivity contribution is 9.10. The zero-order valence-electron chi connectivity index (χ0n) is 9.02. The SMILES string of the molecule is CNCc1nc(-c2ccc(F)c(Cl)c2)c(Br)[nH]1. The first kappa shape index (κ1) is 12.5. The van der Waals surface area contributed by atoms with Crippen LogP contribution in [0.5, 0.6) is 0 Å². The van der Waals surface area contributed by atoms with Gasteiger partial charge in [-0.3, -0.25) is 0 Å². The quantitative estimate of drug-likeness (QED) is 0.911. The maximum absolute atomic E-state index is 13.1. The van der Waals surface area contributed by atoms with Crippen LogP contribution in [0.1, 0.15) is 5.82 Å². The van der Waals surface area contributed by atoms with Crippen LogP contribution in [0.15, 0.2) is 22.8 Å². The second-order valence-corrected chi connectivity index (χ2v) is 4.71. The van der Waals surface area contributed by atoms with Gasteiger partial charge in [-0.05, 0) is 41.2 Å². The third-order valence-corrected chi connectivity index (χ3v) is 3.11. The van der Waals surface area contributed by atoms with E-state index in [-0.39, 0.29) is 5.02 Å². The number of hydrogen-bond acceptors (Lipinski definition) is 2. The average Bonchev–Trinajstić information content (AvgIpc) is 2.64. The predicted octanol–water partition coefficient (Wildman–Crippen LogP) is 3.35. The van der Waals surface area contributed by atoms with Crippen molar-refractivity contribution in [1.29, 1.82) is 0 Å². The molecule has 0 unspecified atom stereocenters. The lowest BCUT2D eigenvalue weighted by molar-refractivity contribution is 0.628. The molecule has 0 saturated heterocycles. The third-order valence-electron chi connectivity index (χ3n) is 2.25. The minimum Gasteiger partial charge on any atom is -0.335 e. The van der Waals surface area contributed by atoms with Gasteiger partial charge in [-0.1, -0.05) is 11.6 Å². The van der Waals surface area contributed by atoms with Crippen molar-refractivity contribution in [2.45, 2.75) is 6.54 Å². The molecule has 1 aromatic heterocycles. The maximum atomic E-state index is 13.1. The molecule has 90 valence electrons. The Balaban J connectivity index is 2.41. The molecule has 1 aromatic carbocycles. The van der Waals surface area contributed by atoms with E-state index in [0.29, 0.717) is 6.54 Å². The maximum Gasteiger partial charge on any atom is 0.141 e. The van der Waals surface area contributed by atoms with E-state index in [1.165, 1.54) is 6.07 Å². The van der Waals surface area contributed by atoms with E-state index >= 15 is 0 Å². The highest BCUT2D eigenvalue weighted by atomic mass is 79.9. The van der Waals surface area contributed by atoms with E-state index < -0.39 is 5.82 Å². The standard InChI is InChI=1S/C11H10BrClFN3/c1-15-5-9-16-10(11(12)17-9)6-2-3-8(14)7(13)4-6/h2-4,15H,5H2,1H3,(H,16,17). The highest BCUT2D eigenvalue weighted by Crippen LogP contribution is 2.28. The first-order valence-electron chi connectivity index (χ1n) is 4.96. The van der Waals surface area contributed by atoms with Crippen molar-refractivity contribution >= 4 is 27.5 Å². The van der Waals surface area contributed by atoms with Crippen molar-refractivity contribution in [3.05, 3.63) is 39.5 Å². The fourth-order valence-corrected chi connectivity index (χ4v) is 2.21. The Morgan fingerprint density at radius 1 is 1.53 bits per heavy atom. The molecule has 0 aliphatic rings. The summed E-state index contributed by atoms with van der Waals surface area (Å²) in [5, 5.41) is 3.09. The Morgan fingerprint density at radius 2 is 2.29 bits per heavy atom. The number of H-pyrrole nitrogens is 1. The summed E-state index contributed by atoms with van der Waals surface area (Å²) in [5.74, 6) is 0.368. The van der Waals surface area contributed by atoms with Crippen LogP contribution in [0, 0.1) is 5.82 Å². The molecule has 1 heterocycles. The molecule has 2 rings (SSSR count). The van der Waals surface area contributed by atoms with Crippen LogP contribution in [0.4, 0.5) is 4.39 Å². The van der Waals surface area contributed by atoms with Gasteiger partial charge in [-0.15, -0.1) is 0 Å². The molecular weight excluding hydrogens is 308 g/mol. The van der Waals surface area contributed by atoms with Crippen molar-refractivity contribution in [3.63, 3.8) is 0 Å². The second kappa shape index (κ2) is 5.16. The molecule has 0 atom stereocenters. The summed E-state index contributed by atoms with van der Waals surface area (Å²) in [6, 6.07) is 4.53. The van der Waals surface area contributed by atoms with Gasteiger partial charge >= 0.3 is 0 Å². The fraction of sp³-hybridized carbons (Fsp3) is 0.182. The summed E-state index contributed by atoms with van der Waals surface area (Å²) in [7, 11) is 1.84.